The highest BCUT2D eigenvalue weighted by atomic mass is 16.2. The Morgan fingerprint density at radius 2 is 1.70 bits per heavy atom. The van der Waals surface area contributed by atoms with Gasteiger partial charge in [0, 0.05) is 5.56 Å². The van der Waals surface area contributed by atoms with Crippen molar-refractivity contribution in [3.05, 3.63) is 71.3 Å². The number of imide groups is 1. The number of unbranched alkanes of at least 4 members (excludes halogenated alkanes) is 1. The van der Waals surface area contributed by atoms with Crippen molar-refractivity contribution in [3.63, 3.8) is 0 Å². The molecule has 1 N–H and O–H groups in total. The molecule has 3 amide bonds. The number of rotatable bonds is 7. The van der Waals surface area contributed by atoms with E-state index < -0.39 is 11.6 Å². The fourth-order valence-electron chi connectivity index (χ4n) is 3.56. The van der Waals surface area contributed by atoms with E-state index in [1.807, 2.05) is 56.3 Å². The van der Waals surface area contributed by atoms with Crippen LogP contribution in [0.2, 0.25) is 0 Å². The second-order valence-corrected chi connectivity index (χ2v) is 6.93. The van der Waals surface area contributed by atoms with Crippen LogP contribution in [-0.2, 0) is 10.3 Å². The molecule has 2 aromatic rings. The molecule has 5 heteroatoms. The summed E-state index contributed by atoms with van der Waals surface area (Å²) >= 11 is 0. The van der Waals surface area contributed by atoms with Gasteiger partial charge < -0.3 is 5.32 Å². The maximum absolute atomic E-state index is 13.3. The summed E-state index contributed by atoms with van der Waals surface area (Å²) in [4.78, 5) is 39.7. The molecule has 2 aromatic carbocycles. The van der Waals surface area contributed by atoms with Gasteiger partial charge in [-0.15, -0.1) is 0 Å². The van der Waals surface area contributed by atoms with Gasteiger partial charge in [0.25, 0.3) is 5.91 Å². The Morgan fingerprint density at radius 1 is 1.04 bits per heavy atom. The first kappa shape index (κ1) is 18.8. The van der Waals surface area contributed by atoms with Gasteiger partial charge in [-0.2, -0.15) is 0 Å². The van der Waals surface area contributed by atoms with Crippen molar-refractivity contribution in [1.29, 1.82) is 0 Å². The van der Waals surface area contributed by atoms with E-state index in [1.165, 1.54) is 0 Å². The summed E-state index contributed by atoms with van der Waals surface area (Å²) in [6, 6.07) is 16.0. The number of nitrogens with zero attached hydrogens (tertiary/aromatic N) is 1. The summed E-state index contributed by atoms with van der Waals surface area (Å²) < 4.78 is 0. The molecule has 3 rings (SSSR count). The molecular weight excluding hydrogens is 340 g/mol. The normalized spacial score (nSPS) is 19.3. The number of hydrogen-bond acceptors (Lipinski definition) is 3. The van der Waals surface area contributed by atoms with E-state index in [0.29, 0.717) is 12.0 Å². The number of urea groups is 1. The lowest BCUT2D eigenvalue weighted by Crippen LogP contribution is -2.44. The molecule has 0 saturated carbocycles. The smallest absolute Gasteiger partial charge is 0.319 e. The molecule has 1 fully saturated rings. The third kappa shape index (κ3) is 3.50. The van der Waals surface area contributed by atoms with Gasteiger partial charge >= 0.3 is 6.03 Å². The van der Waals surface area contributed by atoms with Crippen molar-refractivity contribution in [2.75, 3.05) is 6.54 Å². The van der Waals surface area contributed by atoms with Crippen LogP contribution in [0.1, 0.15) is 47.7 Å². The van der Waals surface area contributed by atoms with Crippen LogP contribution in [0.15, 0.2) is 54.6 Å². The Kier molecular flexibility index (Phi) is 5.40. The summed E-state index contributed by atoms with van der Waals surface area (Å²) in [5.74, 6) is -0.593. The Morgan fingerprint density at radius 3 is 2.37 bits per heavy atom. The molecule has 0 radical (unpaired) electrons. The number of nitrogens with one attached hydrogen (secondary N) is 1. The van der Waals surface area contributed by atoms with Crippen LogP contribution in [-0.4, -0.2) is 29.2 Å². The fraction of sp³-hybridized carbons (Fsp3) is 0.318. The number of Topliss-reactive ketones (excluding diaryl/α,β-unsaturated/α-hetero) is 1. The minimum Gasteiger partial charge on any atom is -0.319 e. The van der Waals surface area contributed by atoms with E-state index >= 15 is 0 Å². The molecule has 1 saturated heterocycles. The predicted molar refractivity (Wildman–Crippen MR) is 103 cm³/mol. The Labute approximate surface area is 159 Å². The maximum atomic E-state index is 13.3. The Bertz CT molecular complexity index is 863. The molecular formula is C22H24N2O3. The molecule has 1 aliphatic heterocycles. The van der Waals surface area contributed by atoms with Gasteiger partial charge in [0.2, 0.25) is 0 Å². The van der Waals surface area contributed by atoms with Crippen molar-refractivity contribution >= 4 is 17.7 Å². The summed E-state index contributed by atoms with van der Waals surface area (Å²) in [6.45, 7) is 3.63. The van der Waals surface area contributed by atoms with E-state index in [2.05, 4.69) is 5.32 Å². The standard InChI is InChI=1S/C22H24N2O3/c1-3-4-14-22(17-11-6-5-7-12-17)20(26)24(21(27)23-22)15-19(25)18-13-9-8-10-16(18)2/h5-13H,3-4,14-15H2,1-2H3,(H,23,27). The third-order valence-corrected chi connectivity index (χ3v) is 5.09. The zero-order valence-corrected chi connectivity index (χ0v) is 15.7. The number of amides is 3. The van der Waals surface area contributed by atoms with Gasteiger partial charge in [-0.05, 0) is 24.5 Å². The first-order valence-electron chi connectivity index (χ1n) is 9.28. The molecule has 5 nitrogen and oxygen atoms in total. The molecule has 140 valence electrons. The van der Waals surface area contributed by atoms with Crippen molar-refractivity contribution in [1.82, 2.24) is 10.2 Å². The molecule has 0 bridgehead atoms. The van der Waals surface area contributed by atoms with E-state index in [0.717, 1.165) is 28.9 Å². The van der Waals surface area contributed by atoms with Crippen molar-refractivity contribution in [2.45, 2.75) is 38.6 Å². The highest BCUT2D eigenvalue weighted by molar-refractivity contribution is 6.11. The second-order valence-electron chi connectivity index (χ2n) is 6.93. The number of carbonyl (C=O) groups is 3. The lowest BCUT2D eigenvalue weighted by Gasteiger charge is -2.27. The minimum atomic E-state index is -1.10. The first-order valence-corrected chi connectivity index (χ1v) is 9.28. The summed E-state index contributed by atoms with van der Waals surface area (Å²) in [5, 5.41) is 2.88. The van der Waals surface area contributed by atoms with Gasteiger partial charge in [-0.3, -0.25) is 14.5 Å². The van der Waals surface area contributed by atoms with Crippen LogP contribution in [0.25, 0.3) is 0 Å². The number of ketones is 1. The number of benzene rings is 2. The quantitative estimate of drug-likeness (QED) is 0.600. The molecule has 0 aromatic heterocycles. The van der Waals surface area contributed by atoms with Gasteiger partial charge in [0.1, 0.15) is 5.54 Å². The predicted octanol–water partition coefficient (Wildman–Crippen LogP) is 3.82. The molecule has 1 atom stereocenters. The van der Waals surface area contributed by atoms with E-state index in [9.17, 15) is 14.4 Å². The largest absolute Gasteiger partial charge is 0.325 e. The fourth-order valence-corrected chi connectivity index (χ4v) is 3.56. The molecule has 1 heterocycles. The highest BCUT2D eigenvalue weighted by Gasteiger charge is 2.52. The first-order chi connectivity index (χ1) is 13.0. The average molecular weight is 364 g/mol. The minimum absolute atomic E-state index is 0.240. The highest BCUT2D eigenvalue weighted by Crippen LogP contribution is 2.34. The van der Waals surface area contributed by atoms with Crippen LogP contribution in [0.4, 0.5) is 4.79 Å². The molecule has 27 heavy (non-hydrogen) atoms. The van der Waals surface area contributed by atoms with Crippen molar-refractivity contribution < 1.29 is 14.4 Å². The van der Waals surface area contributed by atoms with E-state index in [1.54, 1.807) is 12.1 Å². The Balaban J connectivity index is 1.90. The number of hydrogen-bond donors (Lipinski definition) is 1. The topological polar surface area (TPSA) is 66.5 Å². The van der Waals surface area contributed by atoms with Gasteiger partial charge in [-0.1, -0.05) is 74.4 Å². The van der Waals surface area contributed by atoms with Gasteiger partial charge in [0.15, 0.2) is 5.78 Å². The van der Waals surface area contributed by atoms with Crippen LogP contribution in [0, 0.1) is 6.92 Å². The van der Waals surface area contributed by atoms with Crippen LogP contribution in [0.5, 0.6) is 0 Å². The average Bonchev–Trinajstić information content (AvgIpc) is 2.92. The van der Waals surface area contributed by atoms with Crippen molar-refractivity contribution in [2.24, 2.45) is 0 Å². The SMILES string of the molecule is CCCCC1(c2ccccc2)NC(=O)N(CC(=O)c2ccccc2C)C1=O. The summed E-state index contributed by atoms with van der Waals surface area (Å²) in [7, 11) is 0. The Hall–Kier alpha value is -2.95. The lowest BCUT2D eigenvalue weighted by atomic mass is 9.85. The van der Waals surface area contributed by atoms with Gasteiger partial charge in [-0.25, -0.2) is 4.79 Å². The van der Waals surface area contributed by atoms with E-state index in [-0.39, 0.29) is 18.2 Å². The monoisotopic (exact) mass is 364 g/mol. The van der Waals surface area contributed by atoms with Crippen molar-refractivity contribution in [3.8, 4) is 0 Å². The molecule has 0 aliphatic carbocycles. The molecule has 1 unspecified atom stereocenters. The number of aryl methyl sites for hydroxylation is 1. The van der Waals surface area contributed by atoms with Gasteiger partial charge in [0.05, 0.1) is 6.54 Å². The lowest BCUT2D eigenvalue weighted by molar-refractivity contribution is -0.131. The maximum Gasteiger partial charge on any atom is 0.325 e. The van der Waals surface area contributed by atoms with Crippen LogP contribution in [0.3, 0.4) is 0 Å². The molecule has 1 aliphatic rings. The molecule has 0 spiro atoms. The van der Waals surface area contributed by atoms with E-state index in [4.69, 9.17) is 0 Å². The summed E-state index contributed by atoms with van der Waals surface area (Å²) in [6.07, 6.45) is 2.20. The zero-order valence-electron chi connectivity index (χ0n) is 15.7. The zero-order chi connectivity index (χ0) is 19.4. The van der Waals surface area contributed by atoms with Crippen LogP contribution < -0.4 is 5.32 Å². The number of carbonyl (C=O) groups excluding carboxylic acids is 3. The second kappa shape index (κ2) is 7.74. The van der Waals surface area contributed by atoms with Crippen LogP contribution >= 0.6 is 0 Å². The summed E-state index contributed by atoms with van der Waals surface area (Å²) in [5.41, 5.74) is 1.02. The third-order valence-electron chi connectivity index (χ3n) is 5.09.